The summed E-state index contributed by atoms with van der Waals surface area (Å²) in [6.45, 7) is -0.314. The minimum Gasteiger partial charge on any atom is -0.504 e. The van der Waals surface area contributed by atoms with E-state index in [0.717, 1.165) is 0 Å². The molecule has 0 spiro atoms. The molecule has 5 nitrogen and oxygen atoms in total. The average molecular weight is 245 g/mol. The fourth-order valence-corrected chi connectivity index (χ4v) is 1.23. The number of hydrogen-bond acceptors (Lipinski definition) is 5. The van der Waals surface area contributed by atoms with Crippen LogP contribution in [0.15, 0.2) is 12.1 Å². The molecule has 0 heterocycles. The highest BCUT2D eigenvalue weighted by molar-refractivity contribution is 5.85. The summed E-state index contributed by atoms with van der Waals surface area (Å²) in [6, 6.07) is 4.03. The maximum absolute atomic E-state index is 9.68. The van der Waals surface area contributed by atoms with Crippen molar-refractivity contribution in [1.29, 1.82) is 5.26 Å². The Balaban J connectivity index is 0.00000225. The van der Waals surface area contributed by atoms with Gasteiger partial charge in [0.05, 0.1) is 31.4 Å². The maximum Gasteiger partial charge on any atom is 0.162 e. The summed E-state index contributed by atoms with van der Waals surface area (Å²) in [4.78, 5) is 0. The Labute approximate surface area is 99.5 Å². The van der Waals surface area contributed by atoms with E-state index >= 15 is 0 Å². The third-order valence-corrected chi connectivity index (χ3v) is 2.05. The topological polar surface area (TPSA) is 99.5 Å². The van der Waals surface area contributed by atoms with Crippen molar-refractivity contribution in [3.8, 4) is 17.6 Å². The van der Waals surface area contributed by atoms with Crippen LogP contribution in [0.5, 0.6) is 11.5 Å². The second-order valence-electron chi connectivity index (χ2n) is 3.02. The molecule has 1 atom stereocenters. The zero-order chi connectivity index (χ0) is 11.4. The number of methoxy groups -OCH3 is 1. The van der Waals surface area contributed by atoms with Crippen molar-refractivity contribution in [1.82, 2.24) is 0 Å². The molecular formula is C10H13ClN2O3. The minimum atomic E-state index is -0.729. The predicted octanol–water partition coefficient (Wildman–Crippen LogP) is 0.686. The minimum absolute atomic E-state index is 0. The summed E-state index contributed by atoms with van der Waals surface area (Å²) in [5, 5.41) is 27.3. The molecule has 0 unspecified atom stereocenters. The van der Waals surface area contributed by atoms with Gasteiger partial charge in [-0.1, -0.05) is 0 Å². The van der Waals surface area contributed by atoms with Crippen molar-refractivity contribution in [2.24, 2.45) is 5.73 Å². The number of halogens is 1. The maximum atomic E-state index is 9.68. The number of nitrogens with two attached hydrogens (primary N) is 1. The van der Waals surface area contributed by atoms with Crippen LogP contribution in [0.4, 0.5) is 0 Å². The van der Waals surface area contributed by atoms with Gasteiger partial charge in [0.1, 0.15) is 0 Å². The third-order valence-electron chi connectivity index (χ3n) is 2.05. The van der Waals surface area contributed by atoms with Gasteiger partial charge in [-0.3, -0.25) is 0 Å². The van der Waals surface area contributed by atoms with Gasteiger partial charge < -0.3 is 20.7 Å². The molecule has 4 N–H and O–H groups in total. The molecule has 1 aromatic carbocycles. The number of ether oxygens (including phenoxy) is 1. The van der Waals surface area contributed by atoms with Crippen molar-refractivity contribution in [2.45, 2.75) is 6.04 Å². The van der Waals surface area contributed by atoms with Crippen molar-refractivity contribution < 1.29 is 14.9 Å². The first-order valence-electron chi connectivity index (χ1n) is 4.31. The largest absolute Gasteiger partial charge is 0.504 e. The summed E-state index contributed by atoms with van der Waals surface area (Å²) >= 11 is 0. The Morgan fingerprint density at radius 2 is 2.19 bits per heavy atom. The number of phenolic OH excluding ortho intramolecular Hbond substituents is 1. The van der Waals surface area contributed by atoms with E-state index in [4.69, 9.17) is 20.8 Å². The average Bonchev–Trinajstić information content (AvgIpc) is 2.28. The first-order chi connectivity index (χ1) is 7.13. The Morgan fingerprint density at radius 1 is 1.56 bits per heavy atom. The van der Waals surface area contributed by atoms with Gasteiger partial charge in [0, 0.05) is 11.6 Å². The van der Waals surface area contributed by atoms with E-state index in [9.17, 15) is 5.11 Å². The van der Waals surface area contributed by atoms with Crippen molar-refractivity contribution >= 4 is 12.4 Å². The Morgan fingerprint density at radius 3 is 2.62 bits per heavy atom. The second-order valence-corrected chi connectivity index (χ2v) is 3.02. The molecule has 88 valence electrons. The van der Waals surface area contributed by atoms with Crippen molar-refractivity contribution in [2.75, 3.05) is 13.7 Å². The molecule has 0 fully saturated rings. The van der Waals surface area contributed by atoms with Crippen LogP contribution in [0.2, 0.25) is 0 Å². The first kappa shape index (κ1) is 14.5. The molecule has 0 amide bonds. The smallest absolute Gasteiger partial charge is 0.162 e. The molecule has 0 aliphatic carbocycles. The Kier molecular flexibility index (Phi) is 5.61. The molecule has 0 aromatic heterocycles. The van der Waals surface area contributed by atoms with Gasteiger partial charge in [-0.25, -0.2) is 0 Å². The van der Waals surface area contributed by atoms with E-state index in [1.165, 1.54) is 19.2 Å². The van der Waals surface area contributed by atoms with Crippen molar-refractivity contribution in [3.63, 3.8) is 0 Å². The SMILES string of the molecule is COc1cc(C#N)cc([C@H](N)CO)c1O.Cl. The number of nitrogens with zero attached hydrogens (tertiary/aromatic N) is 1. The van der Waals surface area contributed by atoms with Crippen LogP contribution < -0.4 is 10.5 Å². The van der Waals surface area contributed by atoms with Gasteiger partial charge in [0.25, 0.3) is 0 Å². The lowest BCUT2D eigenvalue weighted by Gasteiger charge is -2.13. The fraction of sp³-hybridized carbons (Fsp3) is 0.300. The van der Waals surface area contributed by atoms with Crippen LogP contribution in [0.1, 0.15) is 17.2 Å². The molecular weight excluding hydrogens is 232 g/mol. The first-order valence-corrected chi connectivity index (χ1v) is 4.31. The summed E-state index contributed by atoms with van der Waals surface area (Å²) < 4.78 is 4.88. The second kappa shape index (κ2) is 6.18. The van der Waals surface area contributed by atoms with Gasteiger partial charge in [0.15, 0.2) is 11.5 Å². The number of aromatic hydroxyl groups is 1. The zero-order valence-corrected chi connectivity index (χ0v) is 9.49. The van der Waals surface area contributed by atoms with E-state index in [1.807, 2.05) is 6.07 Å². The normalized spacial score (nSPS) is 11.1. The molecule has 1 rings (SSSR count). The number of hydrogen-bond donors (Lipinski definition) is 3. The van der Waals surface area contributed by atoms with Crippen LogP contribution in [0.25, 0.3) is 0 Å². The third kappa shape index (κ3) is 2.76. The van der Waals surface area contributed by atoms with E-state index in [0.29, 0.717) is 11.1 Å². The van der Waals surface area contributed by atoms with Crippen LogP contribution in [0.3, 0.4) is 0 Å². The van der Waals surface area contributed by atoms with E-state index in [2.05, 4.69) is 0 Å². The highest BCUT2D eigenvalue weighted by Gasteiger charge is 2.15. The highest BCUT2D eigenvalue weighted by atomic mass is 35.5. The lowest BCUT2D eigenvalue weighted by molar-refractivity contribution is 0.264. The van der Waals surface area contributed by atoms with Gasteiger partial charge in [-0.05, 0) is 6.07 Å². The Hall–Kier alpha value is -1.48. The molecule has 0 saturated carbocycles. The summed E-state index contributed by atoms with van der Waals surface area (Å²) in [5.74, 6) is 0.0333. The van der Waals surface area contributed by atoms with Gasteiger partial charge in [0.2, 0.25) is 0 Å². The summed E-state index contributed by atoms with van der Waals surface area (Å²) in [7, 11) is 1.38. The van der Waals surface area contributed by atoms with E-state index in [1.54, 1.807) is 0 Å². The zero-order valence-electron chi connectivity index (χ0n) is 8.67. The molecule has 0 aliphatic rings. The van der Waals surface area contributed by atoms with Gasteiger partial charge in [-0.15, -0.1) is 12.4 Å². The quantitative estimate of drug-likeness (QED) is 0.726. The Bertz CT molecular complexity index is 404. The monoisotopic (exact) mass is 244 g/mol. The molecule has 0 saturated heterocycles. The predicted molar refractivity (Wildman–Crippen MR) is 60.6 cm³/mol. The molecule has 0 aliphatic heterocycles. The molecule has 16 heavy (non-hydrogen) atoms. The lowest BCUT2D eigenvalue weighted by Crippen LogP contribution is -2.15. The van der Waals surface area contributed by atoms with Crippen LogP contribution in [-0.2, 0) is 0 Å². The fourth-order valence-electron chi connectivity index (χ4n) is 1.23. The number of aliphatic hydroxyl groups excluding tert-OH is 1. The van der Waals surface area contributed by atoms with Crippen molar-refractivity contribution in [3.05, 3.63) is 23.3 Å². The molecule has 6 heteroatoms. The molecule has 0 radical (unpaired) electrons. The number of phenols is 1. The number of aliphatic hydroxyl groups is 1. The lowest BCUT2D eigenvalue weighted by atomic mass is 10.0. The van der Waals surface area contributed by atoms with Crippen LogP contribution in [-0.4, -0.2) is 23.9 Å². The van der Waals surface area contributed by atoms with Crippen LogP contribution >= 0.6 is 12.4 Å². The molecule has 0 bridgehead atoms. The number of nitriles is 1. The van der Waals surface area contributed by atoms with Gasteiger partial charge in [-0.2, -0.15) is 5.26 Å². The van der Waals surface area contributed by atoms with E-state index < -0.39 is 6.04 Å². The summed E-state index contributed by atoms with van der Waals surface area (Å²) in [5.41, 5.74) is 6.19. The van der Waals surface area contributed by atoms with Gasteiger partial charge >= 0.3 is 0 Å². The van der Waals surface area contributed by atoms with E-state index in [-0.39, 0.29) is 30.5 Å². The number of rotatable bonds is 3. The van der Waals surface area contributed by atoms with Crippen LogP contribution in [0, 0.1) is 11.3 Å². The number of benzene rings is 1. The standard InChI is InChI=1S/C10H12N2O3.ClH/c1-15-9-3-6(4-11)2-7(10(9)14)8(12)5-13;/h2-3,8,13-14H,5,12H2,1H3;1H/t8-;/m1./s1. The summed E-state index contributed by atoms with van der Waals surface area (Å²) in [6.07, 6.45) is 0. The molecule has 1 aromatic rings. The highest BCUT2D eigenvalue weighted by Crippen LogP contribution is 2.34.